The van der Waals surface area contributed by atoms with Gasteiger partial charge in [0.05, 0.1) is 6.04 Å². The number of carbonyl (C=O) groups excluding carboxylic acids is 3. The van der Waals surface area contributed by atoms with E-state index in [1.807, 2.05) is 48.5 Å². The molecule has 2 atom stereocenters. The minimum atomic E-state index is -1.79. The van der Waals surface area contributed by atoms with E-state index in [9.17, 15) is 14.4 Å². The molecule has 2 aromatic carbocycles. The molecule has 0 bridgehead atoms. The topological polar surface area (TPSA) is 63.7 Å². The summed E-state index contributed by atoms with van der Waals surface area (Å²) in [5.74, 6) is -1.08. The highest BCUT2D eigenvalue weighted by atomic mass is 16.6. The first-order chi connectivity index (χ1) is 12.0. The van der Waals surface area contributed by atoms with Crippen LogP contribution in [0.25, 0.3) is 0 Å². The average Bonchev–Trinajstić information content (AvgIpc) is 2.87. The summed E-state index contributed by atoms with van der Waals surface area (Å²) in [7, 11) is 0. The summed E-state index contributed by atoms with van der Waals surface area (Å²) in [5.41, 5.74) is -0.235. The summed E-state index contributed by atoms with van der Waals surface area (Å²) in [6, 6.07) is 17.7. The third-order valence-corrected chi connectivity index (χ3v) is 4.56. The molecule has 1 saturated heterocycles. The number of benzene rings is 2. The van der Waals surface area contributed by atoms with Gasteiger partial charge < -0.3 is 4.74 Å². The molecule has 0 unspecified atom stereocenters. The number of carbonyl (C=O) groups is 3. The van der Waals surface area contributed by atoms with Crippen molar-refractivity contribution in [1.82, 2.24) is 4.90 Å². The van der Waals surface area contributed by atoms with Gasteiger partial charge in [-0.05, 0) is 25.0 Å². The number of Topliss-reactive ketones (excluding diaryl/α,β-unsaturated/α-hetero) is 1. The van der Waals surface area contributed by atoms with Crippen LogP contribution in [-0.4, -0.2) is 28.3 Å². The van der Waals surface area contributed by atoms with E-state index in [1.165, 1.54) is 6.92 Å². The van der Waals surface area contributed by atoms with Gasteiger partial charge in [-0.3, -0.25) is 9.59 Å². The Hall–Kier alpha value is -2.95. The molecule has 128 valence electrons. The molecule has 0 aromatic heterocycles. The zero-order valence-electron chi connectivity index (χ0n) is 14.1. The van der Waals surface area contributed by atoms with E-state index in [0.29, 0.717) is 0 Å². The van der Waals surface area contributed by atoms with Crippen LogP contribution in [0.15, 0.2) is 60.7 Å². The van der Waals surface area contributed by atoms with Gasteiger partial charge in [-0.1, -0.05) is 60.7 Å². The standard InChI is InChI=1S/C20H19NO4/c1-14(17-11-7-4-8-12-17)21-18(23)20(15(2)22,25-19(21)24)13-16-9-5-3-6-10-16/h3-12,14H,13H2,1-2H3/t14-,20-/m1/s1. The van der Waals surface area contributed by atoms with Crippen LogP contribution in [0.5, 0.6) is 0 Å². The number of nitrogens with zero attached hydrogens (tertiary/aromatic N) is 1. The van der Waals surface area contributed by atoms with Crippen molar-refractivity contribution in [3.05, 3.63) is 71.8 Å². The Kier molecular flexibility index (Phi) is 4.40. The minimum absolute atomic E-state index is 0.0335. The number of imide groups is 1. The number of amides is 2. The number of rotatable bonds is 5. The number of cyclic esters (lactones) is 1. The van der Waals surface area contributed by atoms with Crippen molar-refractivity contribution >= 4 is 17.8 Å². The van der Waals surface area contributed by atoms with Crippen LogP contribution < -0.4 is 0 Å². The van der Waals surface area contributed by atoms with Crippen LogP contribution in [-0.2, 0) is 20.7 Å². The Labute approximate surface area is 146 Å². The first kappa shape index (κ1) is 16.9. The number of hydrogen-bond donors (Lipinski definition) is 0. The van der Waals surface area contributed by atoms with Crippen LogP contribution >= 0.6 is 0 Å². The van der Waals surface area contributed by atoms with Gasteiger partial charge in [0.15, 0.2) is 5.78 Å². The van der Waals surface area contributed by atoms with Crippen molar-refractivity contribution in [1.29, 1.82) is 0 Å². The van der Waals surface area contributed by atoms with Crippen LogP contribution in [0, 0.1) is 0 Å². The molecule has 0 radical (unpaired) electrons. The van der Waals surface area contributed by atoms with Crippen LogP contribution in [0.4, 0.5) is 4.79 Å². The molecule has 5 nitrogen and oxygen atoms in total. The highest BCUT2D eigenvalue weighted by Gasteiger charge is 2.58. The third kappa shape index (κ3) is 2.93. The Morgan fingerprint density at radius 1 is 1.04 bits per heavy atom. The lowest BCUT2D eigenvalue weighted by Crippen LogP contribution is -2.49. The van der Waals surface area contributed by atoms with E-state index in [4.69, 9.17) is 4.74 Å². The van der Waals surface area contributed by atoms with Gasteiger partial charge in [0.25, 0.3) is 11.5 Å². The number of ketones is 1. The monoisotopic (exact) mass is 337 g/mol. The molecule has 2 amide bonds. The Bertz CT molecular complexity index is 803. The van der Waals surface area contributed by atoms with Gasteiger partial charge in [0.2, 0.25) is 0 Å². The molecular formula is C20H19NO4. The third-order valence-electron chi connectivity index (χ3n) is 4.56. The highest BCUT2D eigenvalue weighted by molar-refractivity contribution is 6.17. The molecule has 0 aliphatic carbocycles. The van der Waals surface area contributed by atoms with Crippen LogP contribution in [0.2, 0.25) is 0 Å². The Morgan fingerprint density at radius 2 is 1.60 bits per heavy atom. The van der Waals surface area contributed by atoms with Crippen LogP contribution in [0.3, 0.4) is 0 Å². The van der Waals surface area contributed by atoms with E-state index >= 15 is 0 Å². The Balaban J connectivity index is 1.96. The summed E-state index contributed by atoms with van der Waals surface area (Å²) < 4.78 is 5.37. The highest BCUT2D eigenvalue weighted by Crippen LogP contribution is 2.35. The van der Waals surface area contributed by atoms with E-state index < -0.39 is 29.4 Å². The largest absolute Gasteiger partial charge is 0.424 e. The zero-order valence-corrected chi connectivity index (χ0v) is 14.1. The maximum absolute atomic E-state index is 13.1. The summed E-state index contributed by atoms with van der Waals surface area (Å²) in [4.78, 5) is 38.8. The van der Waals surface area contributed by atoms with E-state index in [-0.39, 0.29) is 6.42 Å². The van der Waals surface area contributed by atoms with Gasteiger partial charge >= 0.3 is 6.09 Å². The van der Waals surface area contributed by atoms with Crippen molar-refractivity contribution < 1.29 is 19.1 Å². The summed E-state index contributed by atoms with van der Waals surface area (Å²) in [6.07, 6.45) is -0.751. The molecule has 1 aliphatic heterocycles. The molecule has 0 spiro atoms. The van der Waals surface area contributed by atoms with Crippen LogP contribution in [0.1, 0.15) is 31.0 Å². The normalized spacial score (nSPS) is 21.1. The van der Waals surface area contributed by atoms with Crippen molar-refractivity contribution in [3.63, 3.8) is 0 Å². The van der Waals surface area contributed by atoms with Gasteiger partial charge in [0, 0.05) is 6.42 Å². The van der Waals surface area contributed by atoms with Gasteiger partial charge in [0.1, 0.15) is 0 Å². The van der Waals surface area contributed by atoms with E-state index in [0.717, 1.165) is 16.0 Å². The van der Waals surface area contributed by atoms with Crippen molar-refractivity contribution in [2.75, 3.05) is 0 Å². The lowest BCUT2D eigenvalue weighted by molar-refractivity contribution is -0.147. The maximum Gasteiger partial charge on any atom is 0.418 e. The second-order valence-corrected chi connectivity index (χ2v) is 6.18. The zero-order chi connectivity index (χ0) is 18.0. The average molecular weight is 337 g/mol. The molecule has 1 aliphatic rings. The maximum atomic E-state index is 13.1. The summed E-state index contributed by atoms with van der Waals surface area (Å²) >= 11 is 0. The van der Waals surface area contributed by atoms with Crippen molar-refractivity contribution in [3.8, 4) is 0 Å². The quantitative estimate of drug-likeness (QED) is 0.785. The lowest BCUT2D eigenvalue weighted by atomic mass is 9.89. The number of ether oxygens (including phenoxy) is 1. The molecule has 3 rings (SSSR count). The van der Waals surface area contributed by atoms with E-state index in [2.05, 4.69) is 0 Å². The first-order valence-corrected chi connectivity index (χ1v) is 8.12. The molecule has 1 heterocycles. The molecule has 0 N–H and O–H groups in total. The van der Waals surface area contributed by atoms with Gasteiger partial charge in [-0.15, -0.1) is 0 Å². The Morgan fingerprint density at radius 3 is 2.16 bits per heavy atom. The minimum Gasteiger partial charge on any atom is -0.424 e. The SMILES string of the molecule is CC(=O)[C@@]1(Cc2ccccc2)OC(=O)N([C@H](C)c2ccccc2)C1=O. The fourth-order valence-electron chi connectivity index (χ4n) is 3.08. The van der Waals surface area contributed by atoms with Gasteiger partial charge in [-0.25, -0.2) is 9.69 Å². The van der Waals surface area contributed by atoms with E-state index in [1.54, 1.807) is 19.1 Å². The summed E-state index contributed by atoms with van der Waals surface area (Å²) in [6.45, 7) is 3.03. The fourth-order valence-corrected chi connectivity index (χ4v) is 3.08. The molecular weight excluding hydrogens is 318 g/mol. The lowest BCUT2D eigenvalue weighted by Gasteiger charge is -2.24. The van der Waals surface area contributed by atoms with Crippen molar-refractivity contribution in [2.45, 2.75) is 31.9 Å². The second kappa shape index (κ2) is 6.51. The predicted octanol–water partition coefficient (Wildman–Crippen LogP) is 3.30. The second-order valence-electron chi connectivity index (χ2n) is 6.18. The first-order valence-electron chi connectivity index (χ1n) is 8.12. The number of hydrogen-bond acceptors (Lipinski definition) is 4. The predicted molar refractivity (Wildman–Crippen MR) is 91.7 cm³/mol. The fraction of sp³-hybridized carbons (Fsp3) is 0.250. The molecule has 25 heavy (non-hydrogen) atoms. The van der Waals surface area contributed by atoms with Crippen molar-refractivity contribution in [2.24, 2.45) is 0 Å². The van der Waals surface area contributed by atoms with Gasteiger partial charge in [-0.2, -0.15) is 0 Å². The molecule has 2 aromatic rings. The molecule has 1 fully saturated rings. The molecule has 5 heteroatoms. The smallest absolute Gasteiger partial charge is 0.418 e. The summed E-state index contributed by atoms with van der Waals surface area (Å²) in [5, 5.41) is 0. The molecule has 0 saturated carbocycles.